The van der Waals surface area contributed by atoms with Crippen LogP contribution < -0.4 is 0 Å². The molecule has 1 aliphatic rings. The highest BCUT2D eigenvalue weighted by atomic mass is 14.2. The maximum Gasteiger partial charge on any atom is -0.0412 e. The van der Waals surface area contributed by atoms with E-state index in [4.69, 9.17) is 0 Å². The van der Waals surface area contributed by atoms with Crippen LogP contribution in [0.1, 0.15) is 53.4 Å². The molecular weight excluding hydrogens is 120 g/mol. The highest BCUT2D eigenvalue weighted by molar-refractivity contribution is 4.70. The minimum atomic E-state index is 0.931. The molecule has 0 N–H and O–H groups in total. The maximum atomic E-state index is 2.32. The van der Waals surface area contributed by atoms with Crippen LogP contribution in [-0.4, -0.2) is 0 Å². The van der Waals surface area contributed by atoms with Gasteiger partial charge in [0.15, 0.2) is 0 Å². The van der Waals surface area contributed by atoms with Crippen molar-refractivity contribution in [3.63, 3.8) is 0 Å². The van der Waals surface area contributed by atoms with Gasteiger partial charge in [-0.3, -0.25) is 0 Å². The molecule has 0 unspecified atom stereocenters. The third-order valence-corrected chi connectivity index (χ3v) is 2.03. The minimum absolute atomic E-state index is 0.931. The molecule has 0 atom stereocenters. The topological polar surface area (TPSA) is 0 Å². The van der Waals surface area contributed by atoms with Gasteiger partial charge in [0.1, 0.15) is 0 Å². The molecule has 0 aromatic rings. The van der Waals surface area contributed by atoms with Crippen LogP contribution in [0.5, 0.6) is 0 Å². The zero-order chi connectivity index (χ0) is 7.98. The van der Waals surface area contributed by atoms with Crippen LogP contribution in [0.15, 0.2) is 0 Å². The molecule has 0 heterocycles. The summed E-state index contributed by atoms with van der Waals surface area (Å²) in [5, 5.41) is 0. The van der Waals surface area contributed by atoms with Crippen LogP contribution in [0.4, 0.5) is 0 Å². The second kappa shape index (κ2) is 5.76. The normalized spacial score (nSPS) is 17.7. The van der Waals surface area contributed by atoms with Gasteiger partial charge < -0.3 is 0 Å². The minimum Gasteiger partial charge on any atom is -0.0683 e. The quantitative estimate of drug-likeness (QED) is 0.549. The van der Waals surface area contributed by atoms with E-state index in [1.807, 2.05) is 13.8 Å². The molecule has 1 fully saturated rings. The lowest BCUT2D eigenvalue weighted by atomic mass is 9.80. The smallest absolute Gasteiger partial charge is 0.0412 e. The van der Waals surface area contributed by atoms with E-state index in [1.165, 1.54) is 25.7 Å². The molecule has 10 heavy (non-hydrogen) atoms. The van der Waals surface area contributed by atoms with E-state index < -0.39 is 0 Å². The molecule has 62 valence electrons. The summed E-state index contributed by atoms with van der Waals surface area (Å²) in [7, 11) is 0. The van der Waals surface area contributed by atoms with Crippen LogP contribution in [0, 0.1) is 11.8 Å². The Balaban J connectivity index is 0.000000371. The summed E-state index contributed by atoms with van der Waals surface area (Å²) in [5.74, 6) is 2.04. The van der Waals surface area contributed by atoms with Crippen molar-refractivity contribution in [1.29, 1.82) is 0 Å². The van der Waals surface area contributed by atoms with Gasteiger partial charge in [0.25, 0.3) is 0 Å². The second-order valence-corrected chi connectivity index (χ2v) is 3.43. The number of hydrogen-bond acceptors (Lipinski definition) is 0. The van der Waals surface area contributed by atoms with Crippen molar-refractivity contribution >= 4 is 0 Å². The summed E-state index contributed by atoms with van der Waals surface area (Å²) in [6.07, 6.45) is 5.99. The summed E-state index contributed by atoms with van der Waals surface area (Å²) in [6, 6.07) is 0. The highest BCUT2D eigenvalue weighted by Crippen LogP contribution is 2.31. The molecule has 1 rings (SSSR count). The molecule has 1 saturated carbocycles. The van der Waals surface area contributed by atoms with Crippen LogP contribution >= 0.6 is 0 Å². The third-order valence-electron chi connectivity index (χ3n) is 2.03. The van der Waals surface area contributed by atoms with E-state index in [-0.39, 0.29) is 0 Å². The Morgan fingerprint density at radius 2 is 1.70 bits per heavy atom. The first-order valence-corrected chi connectivity index (χ1v) is 4.79. The summed E-state index contributed by atoms with van der Waals surface area (Å²) >= 11 is 0. The standard InChI is InChI=1S/C8H16.C2H6/c1-7(2)6-8-4-3-5-8;1-2/h7-8H,3-6H2,1-2H3;1-2H3. The van der Waals surface area contributed by atoms with Crippen molar-refractivity contribution in [2.45, 2.75) is 53.4 Å². The van der Waals surface area contributed by atoms with Gasteiger partial charge >= 0.3 is 0 Å². The van der Waals surface area contributed by atoms with E-state index in [0.717, 1.165) is 11.8 Å². The summed E-state index contributed by atoms with van der Waals surface area (Å²) < 4.78 is 0. The Morgan fingerprint density at radius 1 is 1.20 bits per heavy atom. The average Bonchev–Trinajstić information content (AvgIpc) is 1.84. The van der Waals surface area contributed by atoms with Gasteiger partial charge in [-0.25, -0.2) is 0 Å². The SMILES string of the molecule is CC.CC(C)CC1CCC1. The molecular formula is C10H22. The van der Waals surface area contributed by atoms with Crippen molar-refractivity contribution in [3.8, 4) is 0 Å². The van der Waals surface area contributed by atoms with E-state index in [2.05, 4.69) is 13.8 Å². The van der Waals surface area contributed by atoms with Gasteiger partial charge in [0.05, 0.1) is 0 Å². The lowest BCUT2D eigenvalue weighted by Gasteiger charge is -2.26. The van der Waals surface area contributed by atoms with Crippen LogP contribution in [0.3, 0.4) is 0 Å². The predicted octanol–water partition coefficient (Wildman–Crippen LogP) is 3.86. The predicted molar refractivity (Wildman–Crippen MR) is 48.1 cm³/mol. The maximum absolute atomic E-state index is 2.32. The molecule has 1 aliphatic carbocycles. The fourth-order valence-corrected chi connectivity index (χ4v) is 1.40. The zero-order valence-electron chi connectivity index (χ0n) is 7.98. The van der Waals surface area contributed by atoms with Crippen molar-refractivity contribution < 1.29 is 0 Å². The Kier molecular flexibility index (Phi) is 5.76. The van der Waals surface area contributed by atoms with Crippen LogP contribution in [-0.2, 0) is 0 Å². The Hall–Kier alpha value is 0. The number of rotatable bonds is 2. The van der Waals surface area contributed by atoms with Crippen molar-refractivity contribution in [3.05, 3.63) is 0 Å². The molecule has 0 amide bonds. The fraction of sp³-hybridized carbons (Fsp3) is 1.00. The highest BCUT2D eigenvalue weighted by Gasteiger charge is 2.17. The molecule has 0 saturated heterocycles. The van der Waals surface area contributed by atoms with Crippen LogP contribution in [0.2, 0.25) is 0 Å². The van der Waals surface area contributed by atoms with Gasteiger partial charge in [0, 0.05) is 0 Å². The van der Waals surface area contributed by atoms with Crippen molar-refractivity contribution in [1.82, 2.24) is 0 Å². The van der Waals surface area contributed by atoms with E-state index in [9.17, 15) is 0 Å². The third kappa shape index (κ3) is 3.92. The average molecular weight is 142 g/mol. The van der Waals surface area contributed by atoms with E-state index in [0.29, 0.717) is 0 Å². The lowest BCUT2D eigenvalue weighted by Crippen LogP contribution is -2.12. The Labute approximate surface area is 66.0 Å². The Bertz CT molecular complexity index is 60.4. The molecule has 0 aromatic heterocycles. The van der Waals surface area contributed by atoms with Gasteiger partial charge in [-0.15, -0.1) is 0 Å². The first kappa shape index (κ1) is 10.0. The van der Waals surface area contributed by atoms with Gasteiger partial charge in [0.2, 0.25) is 0 Å². The molecule has 0 spiro atoms. The molecule has 0 aromatic carbocycles. The zero-order valence-corrected chi connectivity index (χ0v) is 7.98. The first-order valence-electron chi connectivity index (χ1n) is 4.79. The molecule has 0 heteroatoms. The lowest BCUT2D eigenvalue weighted by molar-refractivity contribution is 0.264. The van der Waals surface area contributed by atoms with E-state index >= 15 is 0 Å². The summed E-state index contributed by atoms with van der Waals surface area (Å²) in [4.78, 5) is 0. The van der Waals surface area contributed by atoms with Gasteiger partial charge in [-0.2, -0.15) is 0 Å². The second-order valence-electron chi connectivity index (χ2n) is 3.43. The fourth-order valence-electron chi connectivity index (χ4n) is 1.40. The van der Waals surface area contributed by atoms with E-state index in [1.54, 1.807) is 0 Å². The van der Waals surface area contributed by atoms with Gasteiger partial charge in [-0.05, 0) is 18.3 Å². The summed E-state index contributed by atoms with van der Waals surface area (Å²) in [6.45, 7) is 8.64. The van der Waals surface area contributed by atoms with Crippen molar-refractivity contribution in [2.24, 2.45) is 11.8 Å². The van der Waals surface area contributed by atoms with Crippen molar-refractivity contribution in [2.75, 3.05) is 0 Å². The number of hydrogen-bond donors (Lipinski definition) is 0. The molecule has 0 bridgehead atoms. The van der Waals surface area contributed by atoms with Gasteiger partial charge in [-0.1, -0.05) is 47.0 Å². The molecule has 0 aliphatic heterocycles. The first-order chi connectivity index (χ1) is 4.79. The summed E-state index contributed by atoms with van der Waals surface area (Å²) in [5.41, 5.74) is 0. The molecule has 0 radical (unpaired) electrons. The molecule has 0 nitrogen and oxygen atoms in total. The Morgan fingerprint density at radius 3 is 1.80 bits per heavy atom. The largest absolute Gasteiger partial charge is 0.0683 e. The van der Waals surface area contributed by atoms with Crippen LogP contribution in [0.25, 0.3) is 0 Å². The monoisotopic (exact) mass is 142 g/mol.